The number of ether oxygens (including phenoxy) is 1. The van der Waals surface area contributed by atoms with Gasteiger partial charge in [0.15, 0.2) is 6.04 Å². The SMILES string of the molecule is COc1ccc(CNC(=O)[C@@H](c2ccco2)N(C(=O)Cc2cccs2)c2cccnc2)cc1. The molecule has 2 amide bonds. The highest BCUT2D eigenvalue weighted by Gasteiger charge is 2.35. The van der Waals surface area contributed by atoms with Crippen molar-refractivity contribution in [2.45, 2.75) is 19.0 Å². The van der Waals surface area contributed by atoms with Gasteiger partial charge in [0.2, 0.25) is 5.91 Å². The van der Waals surface area contributed by atoms with Crippen LogP contribution in [-0.2, 0) is 22.6 Å². The van der Waals surface area contributed by atoms with Gasteiger partial charge < -0.3 is 14.5 Å². The van der Waals surface area contributed by atoms with Gasteiger partial charge in [0.1, 0.15) is 11.5 Å². The van der Waals surface area contributed by atoms with Crippen molar-refractivity contribution in [2.24, 2.45) is 0 Å². The maximum Gasteiger partial charge on any atom is 0.251 e. The van der Waals surface area contributed by atoms with Gasteiger partial charge in [0.05, 0.1) is 31.7 Å². The Morgan fingerprint density at radius 2 is 1.97 bits per heavy atom. The van der Waals surface area contributed by atoms with Crippen molar-refractivity contribution < 1.29 is 18.7 Å². The highest BCUT2D eigenvalue weighted by atomic mass is 32.1. The van der Waals surface area contributed by atoms with E-state index in [1.807, 2.05) is 41.8 Å². The topological polar surface area (TPSA) is 84.7 Å². The van der Waals surface area contributed by atoms with E-state index in [0.717, 1.165) is 16.2 Å². The average Bonchev–Trinajstić information content (AvgIpc) is 3.56. The number of methoxy groups -OCH3 is 1. The zero-order valence-corrected chi connectivity index (χ0v) is 18.8. The Morgan fingerprint density at radius 1 is 1.12 bits per heavy atom. The first-order valence-corrected chi connectivity index (χ1v) is 11.2. The summed E-state index contributed by atoms with van der Waals surface area (Å²) in [5, 5.41) is 4.86. The van der Waals surface area contributed by atoms with Crippen molar-refractivity contribution in [1.82, 2.24) is 10.3 Å². The number of aromatic nitrogens is 1. The van der Waals surface area contributed by atoms with Gasteiger partial charge in [-0.15, -0.1) is 11.3 Å². The molecule has 0 spiro atoms. The summed E-state index contributed by atoms with van der Waals surface area (Å²) in [4.78, 5) is 33.4. The molecule has 168 valence electrons. The first-order chi connectivity index (χ1) is 16.2. The lowest BCUT2D eigenvalue weighted by Gasteiger charge is -2.29. The molecule has 3 aromatic heterocycles. The summed E-state index contributed by atoms with van der Waals surface area (Å²) in [7, 11) is 1.60. The standard InChI is InChI=1S/C25H23N3O4S/c1-31-20-10-8-18(9-11-20)16-27-25(30)24(22-7-3-13-32-22)28(19-5-2-12-26-17-19)23(29)15-21-6-4-14-33-21/h2-14,17,24H,15-16H2,1H3,(H,27,30)/t24-/m1/s1. The monoisotopic (exact) mass is 461 g/mol. The Balaban J connectivity index is 1.63. The van der Waals surface area contributed by atoms with Crippen LogP contribution in [-0.4, -0.2) is 23.9 Å². The van der Waals surface area contributed by atoms with Crippen LogP contribution in [0.4, 0.5) is 5.69 Å². The molecule has 3 heterocycles. The van der Waals surface area contributed by atoms with E-state index in [9.17, 15) is 9.59 Å². The third kappa shape index (κ3) is 5.48. The molecule has 33 heavy (non-hydrogen) atoms. The number of nitrogens with one attached hydrogen (secondary N) is 1. The van der Waals surface area contributed by atoms with Crippen LogP contribution in [0, 0.1) is 0 Å². The third-order valence-corrected chi connectivity index (χ3v) is 5.92. The minimum atomic E-state index is -0.991. The molecule has 0 saturated carbocycles. The molecule has 1 atom stereocenters. The van der Waals surface area contributed by atoms with Crippen LogP contribution in [0.2, 0.25) is 0 Å². The number of pyridine rings is 1. The molecule has 0 aliphatic carbocycles. The van der Waals surface area contributed by atoms with E-state index < -0.39 is 6.04 Å². The minimum absolute atomic E-state index is 0.162. The van der Waals surface area contributed by atoms with Crippen LogP contribution < -0.4 is 15.0 Å². The molecule has 4 rings (SSSR count). The number of benzene rings is 1. The zero-order valence-electron chi connectivity index (χ0n) is 18.0. The summed E-state index contributed by atoms with van der Waals surface area (Å²) < 4.78 is 10.8. The molecule has 0 radical (unpaired) electrons. The third-order valence-electron chi connectivity index (χ3n) is 5.04. The molecule has 4 aromatic rings. The number of rotatable bonds is 9. The number of anilines is 1. The van der Waals surface area contributed by atoms with Gasteiger partial charge in [-0.05, 0) is 53.4 Å². The van der Waals surface area contributed by atoms with Gasteiger partial charge in [0.25, 0.3) is 5.91 Å². The number of thiophene rings is 1. The second-order valence-electron chi connectivity index (χ2n) is 7.21. The predicted octanol–water partition coefficient (Wildman–Crippen LogP) is 4.38. The van der Waals surface area contributed by atoms with E-state index in [1.165, 1.54) is 22.5 Å². The van der Waals surface area contributed by atoms with Crippen molar-refractivity contribution >= 4 is 28.8 Å². The first-order valence-electron chi connectivity index (χ1n) is 10.3. The number of carbonyl (C=O) groups is 2. The summed E-state index contributed by atoms with van der Waals surface area (Å²) in [5.74, 6) is 0.515. The number of hydrogen-bond acceptors (Lipinski definition) is 6. The Kier molecular flexibility index (Phi) is 7.16. The highest BCUT2D eigenvalue weighted by molar-refractivity contribution is 7.10. The number of amides is 2. The molecular weight excluding hydrogens is 438 g/mol. The number of nitrogens with zero attached hydrogens (tertiary/aromatic N) is 2. The quantitative estimate of drug-likeness (QED) is 0.400. The molecule has 0 aliphatic heterocycles. The van der Waals surface area contributed by atoms with Crippen molar-refractivity contribution in [1.29, 1.82) is 0 Å². The largest absolute Gasteiger partial charge is 0.497 e. The van der Waals surface area contributed by atoms with Crippen LogP contribution in [0.15, 0.2) is 89.1 Å². The first kappa shape index (κ1) is 22.3. The molecule has 0 unspecified atom stereocenters. The Hall–Kier alpha value is -3.91. The lowest BCUT2D eigenvalue weighted by Crippen LogP contribution is -2.44. The average molecular weight is 462 g/mol. The maximum atomic E-state index is 13.5. The molecule has 7 nitrogen and oxygen atoms in total. The molecular formula is C25H23N3O4S. The van der Waals surface area contributed by atoms with Crippen molar-refractivity contribution in [3.8, 4) is 5.75 Å². The molecule has 0 fully saturated rings. The highest BCUT2D eigenvalue weighted by Crippen LogP contribution is 2.29. The van der Waals surface area contributed by atoms with E-state index in [-0.39, 0.29) is 18.2 Å². The molecule has 0 aliphatic rings. The van der Waals surface area contributed by atoms with Crippen LogP contribution in [0.25, 0.3) is 0 Å². The fourth-order valence-corrected chi connectivity index (χ4v) is 4.13. The number of hydrogen-bond donors (Lipinski definition) is 1. The lowest BCUT2D eigenvalue weighted by atomic mass is 10.1. The molecule has 0 saturated heterocycles. The van der Waals surface area contributed by atoms with E-state index in [4.69, 9.17) is 9.15 Å². The molecule has 1 aromatic carbocycles. The van der Waals surface area contributed by atoms with Gasteiger partial charge in [0, 0.05) is 17.6 Å². The van der Waals surface area contributed by atoms with Crippen molar-refractivity contribution in [3.05, 3.63) is 101 Å². The summed E-state index contributed by atoms with van der Waals surface area (Å²) in [6, 6.07) is 17.1. The second-order valence-corrected chi connectivity index (χ2v) is 8.25. The minimum Gasteiger partial charge on any atom is -0.497 e. The van der Waals surface area contributed by atoms with E-state index in [1.54, 1.807) is 43.8 Å². The Bertz CT molecular complexity index is 1160. The van der Waals surface area contributed by atoms with Gasteiger partial charge in [-0.3, -0.25) is 19.5 Å². The van der Waals surface area contributed by atoms with Gasteiger partial charge >= 0.3 is 0 Å². The smallest absolute Gasteiger partial charge is 0.251 e. The van der Waals surface area contributed by atoms with Crippen molar-refractivity contribution in [3.63, 3.8) is 0 Å². The predicted molar refractivity (Wildman–Crippen MR) is 126 cm³/mol. The lowest BCUT2D eigenvalue weighted by molar-refractivity contribution is -0.127. The van der Waals surface area contributed by atoms with Gasteiger partial charge in [-0.2, -0.15) is 0 Å². The zero-order chi connectivity index (χ0) is 23.0. The molecule has 0 bridgehead atoms. The van der Waals surface area contributed by atoms with Gasteiger partial charge in [-0.25, -0.2) is 0 Å². The summed E-state index contributed by atoms with van der Waals surface area (Å²) in [6.45, 7) is 0.292. The van der Waals surface area contributed by atoms with E-state index in [2.05, 4.69) is 10.3 Å². The van der Waals surface area contributed by atoms with Crippen LogP contribution >= 0.6 is 11.3 Å². The fraction of sp³-hybridized carbons (Fsp3) is 0.160. The van der Waals surface area contributed by atoms with Crippen LogP contribution in [0.5, 0.6) is 5.75 Å². The van der Waals surface area contributed by atoms with E-state index in [0.29, 0.717) is 18.0 Å². The summed E-state index contributed by atoms with van der Waals surface area (Å²) in [5.41, 5.74) is 1.42. The number of furan rings is 1. The molecule has 1 N–H and O–H groups in total. The molecule has 8 heteroatoms. The van der Waals surface area contributed by atoms with Crippen molar-refractivity contribution in [2.75, 3.05) is 12.0 Å². The maximum absolute atomic E-state index is 13.5. The Morgan fingerprint density at radius 3 is 2.61 bits per heavy atom. The van der Waals surface area contributed by atoms with E-state index >= 15 is 0 Å². The normalized spacial score (nSPS) is 11.5. The number of carbonyl (C=O) groups excluding carboxylic acids is 2. The summed E-state index contributed by atoms with van der Waals surface area (Å²) in [6.07, 6.45) is 4.84. The summed E-state index contributed by atoms with van der Waals surface area (Å²) >= 11 is 1.49. The van der Waals surface area contributed by atoms with Crippen LogP contribution in [0.3, 0.4) is 0 Å². The Labute approximate surface area is 195 Å². The fourth-order valence-electron chi connectivity index (χ4n) is 3.43. The van der Waals surface area contributed by atoms with Gasteiger partial charge in [-0.1, -0.05) is 18.2 Å². The van der Waals surface area contributed by atoms with Crippen LogP contribution in [0.1, 0.15) is 22.2 Å². The second kappa shape index (κ2) is 10.6.